The molecule has 0 aromatic heterocycles. The van der Waals surface area contributed by atoms with E-state index in [4.69, 9.17) is 5.11 Å². The van der Waals surface area contributed by atoms with Crippen molar-refractivity contribution in [3.8, 4) is 0 Å². The average Bonchev–Trinajstić information content (AvgIpc) is 2.13. The smallest absolute Gasteiger partial charge is 0.333 e. The molecule has 14 heavy (non-hydrogen) atoms. The number of carbonyl (C=O) groups is 2. The average molecular weight is 198 g/mol. The number of esters is 1. The summed E-state index contributed by atoms with van der Waals surface area (Å²) in [5.41, 5.74) is 0.447. The van der Waals surface area contributed by atoms with Crippen LogP contribution in [0, 0.1) is 0 Å². The van der Waals surface area contributed by atoms with Crippen molar-refractivity contribution in [2.45, 2.75) is 20.3 Å². The van der Waals surface area contributed by atoms with Crippen molar-refractivity contribution in [2.75, 3.05) is 6.61 Å². The molecule has 78 valence electrons. The van der Waals surface area contributed by atoms with E-state index < -0.39 is 11.9 Å². The second-order valence-electron chi connectivity index (χ2n) is 2.72. The van der Waals surface area contributed by atoms with Crippen LogP contribution in [-0.4, -0.2) is 23.7 Å². The molecule has 0 rings (SSSR count). The number of allylic oxidation sites excluding steroid dienone is 1. The molecule has 0 atom stereocenters. The summed E-state index contributed by atoms with van der Waals surface area (Å²) in [5, 5.41) is 8.52. The van der Waals surface area contributed by atoms with Crippen LogP contribution in [0.15, 0.2) is 23.8 Å². The SMILES string of the molecule is C=C(CC=C(C)C(=O)O)C(=O)OCC. The van der Waals surface area contributed by atoms with Gasteiger partial charge >= 0.3 is 11.9 Å². The van der Waals surface area contributed by atoms with Gasteiger partial charge in [-0.05, 0) is 20.3 Å². The van der Waals surface area contributed by atoms with Gasteiger partial charge in [0.05, 0.1) is 6.61 Å². The van der Waals surface area contributed by atoms with Crippen molar-refractivity contribution in [1.82, 2.24) is 0 Å². The Morgan fingerprint density at radius 3 is 2.50 bits per heavy atom. The molecule has 0 heterocycles. The van der Waals surface area contributed by atoms with Gasteiger partial charge in [-0.3, -0.25) is 0 Å². The van der Waals surface area contributed by atoms with Gasteiger partial charge in [0.25, 0.3) is 0 Å². The maximum Gasteiger partial charge on any atom is 0.333 e. The van der Waals surface area contributed by atoms with Crippen molar-refractivity contribution in [3.05, 3.63) is 23.8 Å². The summed E-state index contributed by atoms with van der Waals surface area (Å²) >= 11 is 0. The zero-order valence-electron chi connectivity index (χ0n) is 8.37. The predicted octanol–water partition coefficient (Wildman–Crippen LogP) is 1.53. The maximum atomic E-state index is 11.0. The Morgan fingerprint density at radius 1 is 1.50 bits per heavy atom. The summed E-state index contributed by atoms with van der Waals surface area (Å²) in [6.07, 6.45) is 1.64. The fraction of sp³-hybridized carbons (Fsp3) is 0.400. The first-order valence-electron chi connectivity index (χ1n) is 4.24. The Hall–Kier alpha value is -1.58. The molecule has 0 bridgehead atoms. The van der Waals surface area contributed by atoms with E-state index in [1.54, 1.807) is 6.92 Å². The second-order valence-corrected chi connectivity index (χ2v) is 2.72. The Morgan fingerprint density at radius 2 is 2.07 bits per heavy atom. The highest BCUT2D eigenvalue weighted by molar-refractivity contribution is 5.89. The minimum absolute atomic E-state index is 0.190. The van der Waals surface area contributed by atoms with Gasteiger partial charge in [0, 0.05) is 11.1 Å². The van der Waals surface area contributed by atoms with Gasteiger partial charge in [-0.1, -0.05) is 12.7 Å². The second kappa shape index (κ2) is 5.96. The van der Waals surface area contributed by atoms with Crippen LogP contribution in [0.5, 0.6) is 0 Å². The zero-order valence-corrected chi connectivity index (χ0v) is 8.37. The molecule has 0 spiro atoms. The van der Waals surface area contributed by atoms with E-state index in [0.717, 1.165) is 0 Å². The van der Waals surface area contributed by atoms with E-state index in [-0.39, 0.29) is 17.6 Å². The lowest BCUT2D eigenvalue weighted by molar-refractivity contribution is -0.138. The molecule has 0 aliphatic carbocycles. The third-order valence-corrected chi connectivity index (χ3v) is 1.56. The monoisotopic (exact) mass is 198 g/mol. The minimum atomic E-state index is -0.998. The molecule has 1 N–H and O–H groups in total. The Balaban J connectivity index is 4.14. The van der Waals surface area contributed by atoms with E-state index in [1.807, 2.05) is 0 Å². The number of aliphatic carboxylic acids is 1. The molecule has 0 unspecified atom stereocenters. The summed E-state index contributed by atoms with van der Waals surface area (Å²) in [6, 6.07) is 0. The van der Waals surface area contributed by atoms with Crippen LogP contribution in [0.2, 0.25) is 0 Å². The molecule has 0 saturated heterocycles. The first kappa shape index (κ1) is 12.4. The summed E-state index contributed by atoms with van der Waals surface area (Å²) < 4.78 is 4.68. The number of carboxylic acids is 1. The lowest BCUT2D eigenvalue weighted by Crippen LogP contribution is -2.06. The predicted molar refractivity (Wildman–Crippen MR) is 51.8 cm³/mol. The Labute approximate surface area is 82.9 Å². The van der Waals surface area contributed by atoms with E-state index in [2.05, 4.69) is 11.3 Å². The van der Waals surface area contributed by atoms with Gasteiger partial charge in [0.2, 0.25) is 0 Å². The van der Waals surface area contributed by atoms with Crippen LogP contribution >= 0.6 is 0 Å². The molecule has 0 radical (unpaired) electrons. The fourth-order valence-electron chi connectivity index (χ4n) is 0.680. The number of ether oxygens (including phenoxy) is 1. The van der Waals surface area contributed by atoms with Crippen LogP contribution in [0.25, 0.3) is 0 Å². The molecular weight excluding hydrogens is 184 g/mol. The number of hydrogen-bond donors (Lipinski definition) is 1. The van der Waals surface area contributed by atoms with Gasteiger partial charge in [0.1, 0.15) is 0 Å². The Kier molecular flexibility index (Phi) is 5.29. The van der Waals surface area contributed by atoms with Gasteiger partial charge in [0.15, 0.2) is 0 Å². The third kappa shape index (κ3) is 4.45. The molecule has 0 fully saturated rings. The molecule has 0 aromatic carbocycles. The topological polar surface area (TPSA) is 63.6 Å². The number of hydrogen-bond acceptors (Lipinski definition) is 3. The van der Waals surface area contributed by atoms with Gasteiger partial charge in [-0.25, -0.2) is 9.59 Å². The molecule has 0 saturated carbocycles. The van der Waals surface area contributed by atoms with E-state index >= 15 is 0 Å². The highest BCUT2D eigenvalue weighted by Crippen LogP contribution is 2.05. The van der Waals surface area contributed by atoms with Crippen molar-refractivity contribution in [2.24, 2.45) is 0 Å². The molecule has 0 amide bonds. The van der Waals surface area contributed by atoms with Gasteiger partial charge in [-0.15, -0.1) is 0 Å². The fourth-order valence-corrected chi connectivity index (χ4v) is 0.680. The molecule has 0 aromatic rings. The molecule has 4 heteroatoms. The summed E-state index contributed by atoms with van der Waals surface area (Å²) in [4.78, 5) is 21.4. The molecular formula is C10H14O4. The zero-order chi connectivity index (χ0) is 11.1. The minimum Gasteiger partial charge on any atom is -0.478 e. The number of carboxylic acid groups (broad SMARTS) is 1. The van der Waals surface area contributed by atoms with E-state index in [9.17, 15) is 9.59 Å². The highest BCUT2D eigenvalue weighted by atomic mass is 16.5. The first-order valence-corrected chi connectivity index (χ1v) is 4.24. The highest BCUT2D eigenvalue weighted by Gasteiger charge is 2.06. The number of carbonyl (C=O) groups excluding carboxylic acids is 1. The molecule has 4 nitrogen and oxygen atoms in total. The third-order valence-electron chi connectivity index (χ3n) is 1.56. The largest absolute Gasteiger partial charge is 0.478 e. The first-order chi connectivity index (χ1) is 6.49. The molecule has 0 aliphatic rings. The normalized spacial score (nSPS) is 10.9. The van der Waals surface area contributed by atoms with Gasteiger partial charge in [-0.2, -0.15) is 0 Å². The van der Waals surface area contributed by atoms with Crippen LogP contribution in [0.3, 0.4) is 0 Å². The molecule has 0 aliphatic heterocycles. The maximum absolute atomic E-state index is 11.0. The van der Waals surface area contributed by atoms with E-state index in [0.29, 0.717) is 6.61 Å². The van der Waals surface area contributed by atoms with E-state index in [1.165, 1.54) is 13.0 Å². The van der Waals surface area contributed by atoms with Gasteiger partial charge < -0.3 is 9.84 Å². The summed E-state index contributed by atoms with van der Waals surface area (Å²) in [6.45, 7) is 6.94. The van der Waals surface area contributed by atoms with Crippen LogP contribution < -0.4 is 0 Å². The van der Waals surface area contributed by atoms with Crippen molar-refractivity contribution >= 4 is 11.9 Å². The van der Waals surface area contributed by atoms with Crippen molar-refractivity contribution in [1.29, 1.82) is 0 Å². The van der Waals surface area contributed by atoms with Crippen LogP contribution in [-0.2, 0) is 14.3 Å². The van der Waals surface area contributed by atoms with Crippen LogP contribution in [0.4, 0.5) is 0 Å². The lowest BCUT2D eigenvalue weighted by Gasteiger charge is -2.02. The van der Waals surface area contributed by atoms with Crippen LogP contribution in [0.1, 0.15) is 20.3 Å². The van der Waals surface area contributed by atoms with Crippen molar-refractivity contribution < 1.29 is 19.4 Å². The standard InChI is InChI=1S/C10H14O4/c1-4-14-10(13)8(3)6-5-7(2)9(11)12/h5H,3-4,6H2,1-2H3,(H,11,12). The summed E-state index contributed by atoms with van der Waals surface area (Å²) in [5.74, 6) is -1.48. The van der Waals surface area contributed by atoms with Crippen molar-refractivity contribution in [3.63, 3.8) is 0 Å². The quantitative estimate of drug-likeness (QED) is 0.537. The number of rotatable bonds is 5. The lowest BCUT2D eigenvalue weighted by atomic mass is 10.1. The Bertz CT molecular complexity index is 276. The summed E-state index contributed by atoms with van der Waals surface area (Å²) in [7, 11) is 0.